The molecule has 8 heteroatoms. The average molecular weight is 391 g/mol. The van der Waals surface area contributed by atoms with Gasteiger partial charge in [0.25, 0.3) is 5.91 Å². The van der Waals surface area contributed by atoms with Crippen molar-refractivity contribution in [3.63, 3.8) is 0 Å². The highest BCUT2D eigenvalue weighted by Crippen LogP contribution is 2.20. The molecular weight excluding hydrogens is 360 g/mol. The van der Waals surface area contributed by atoms with E-state index in [-0.39, 0.29) is 12.0 Å². The fourth-order valence-electron chi connectivity index (χ4n) is 3.74. The Balaban J connectivity index is 1.42. The molecule has 2 aliphatic rings. The van der Waals surface area contributed by atoms with Gasteiger partial charge in [-0.15, -0.1) is 0 Å². The summed E-state index contributed by atoms with van der Waals surface area (Å²) < 4.78 is 10.3. The molecule has 2 saturated heterocycles. The molecule has 8 nitrogen and oxygen atoms in total. The quantitative estimate of drug-likeness (QED) is 0.747. The van der Waals surface area contributed by atoms with Gasteiger partial charge in [-0.05, 0) is 19.1 Å². The van der Waals surface area contributed by atoms with Gasteiger partial charge >= 0.3 is 6.09 Å². The van der Waals surface area contributed by atoms with Gasteiger partial charge in [0.05, 0.1) is 39.9 Å². The van der Waals surface area contributed by atoms with Gasteiger partial charge in [-0.3, -0.25) is 4.79 Å². The topological polar surface area (TPSA) is 66.8 Å². The van der Waals surface area contributed by atoms with Gasteiger partial charge in [0.2, 0.25) is 0 Å². The van der Waals surface area contributed by atoms with E-state index in [1.165, 1.54) is 10.6 Å². The lowest BCUT2D eigenvalue weighted by atomic mass is 10.2. The standard InChI is InChI=1S/C20H30N4O4/c1-3-28-20(26)24-13-11-23(12-14-24)19(25)16-21-7-9-22(10-8-21)17-5-4-6-18(15-17)27-2/h4-6,15H,3,7-14,16H2,1-2H3/p+1. The van der Waals surface area contributed by atoms with Crippen LogP contribution in [0.25, 0.3) is 0 Å². The van der Waals surface area contributed by atoms with Crippen LogP contribution in [0.1, 0.15) is 6.92 Å². The summed E-state index contributed by atoms with van der Waals surface area (Å²) in [5.74, 6) is 1.04. The molecular formula is C20H31N4O4+. The number of quaternary nitrogens is 1. The van der Waals surface area contributed by atoms with Crippen molar-refractivity contribution < 1.29 is 24.0 Å². The first kappa shape index (κ1) is 20.3. The number of hydrogen-bond donors (Lipinski definition) is 1. The number of amides is 2. The number of hydrogen-bond acceptors (Lipinski definition) is 5. The lowest BCUT2D eigenvalue weighted by Crippen LogP contribution is -3.16. The Labute approximate surface area is 166 Å². The maximum absolute atomic E-state index is 12.6. The van der Waals surface area contributed by atoms with E-state index >= 15 is 0 Å². The summed E-state index contributed by atoms with van der Waals surface area (Å²) in [6, 6.07) is 8.11. The van der Waals surface area contributed by atoms with E-state index in [2.05, 4.69) is 17.0 Å². The van der Waals surface area contributed by atoms with E-state index in [9.17, 15) is 9.59 Å². The van der Waals surface area contributed by atoms with Crippen LogP contribution in [0.4, 0.5) is 10.5 Å². The minimum absolute atomic E-state index is 0.174. The fraction of sp³-hybridized carbons (Fsp3) is 0.600. The Bertz CT molecular complexity index is 668. The Morgan fingerprint density at radius 2 is 1.71 bits per heavy atom. The Kier molecular flexibility index (Phi) is 6.97. The second-order valence-corrected chi connectivity index (χ2v) is 7.18. The zero-order valence-electron chi connectivity index (χ0n) is 16.9. The zero-order valence-corrected chi connectivity index (χ0v) is 16.9. The molecule has 0 atom stereocenters. The number of carbonyl (C=O) groups excluding carboxylic acids is 2. The molecule has 2 heterocycles. The third-order valence-electron chi connectivity index (χ3n) is 5.45. The minimum Gasteiger partial charge on any atom is -0.497 e. The molecule has 154 valence electrons. The highest BCUT2D eigenvalue weighted by Gasteiger charge is 2.28. The zero-order chi connectivity index (χ0) is 19.9. The molecule has 2 amide bonds. The van der Waals surface area contributed by atoms with Crippen LogP contribution < -0.4 is 14.5 Å². The van der Waals surface area contributed by atoms with E-state index in [0.717, 1.165) is 31.9 Å². The second-order valence-electron chi connectivity index (χ2n) is 7.18. The predicted octanol–water partition coefficient (Wildman–Crippen LogP) is -0.299. The first-order valence-corrected chi connectivity index (χ1v) is 10.0. The number of rotatable bonds is 5. The van der Waals surface area contributed by atoms with E-state index in [4.69, 9.17) is 9.47 Å². The van der Waals surface area contributed by atoms with Gasteiger partial charge in [0.15, 0.2) is 6.54 Å². The summed E-state index contributed by atoms with van der Waals surface area (Å²) in [5, 5.41) is 0. The second kappa shape index (κ2) is 9.64. The van der Waals surface area contributed by atoms with Gasteiger partial charge in [-0.1, -0.05) is 6.07 Å². The molecule has 28 heavy (non-hydrogen) atoms. The number of anilines is 1. The molecule has 0 aliphatic carbocycles. The molecule has 0 spiro atoms. The Morgan fingerprint density at radius 1 is 1.04 bits per heavy atom. The number of ether oxygens (including phenoxy) is 2. The average Bonchev–Trinajstić information content (AvgIpc) is 2.74. The van der Waals surface area contributed by atoms with Crippen LogP contribution in [0.2, 0.25) is 0 Å². The van der Waals surface area contributed by atoms with Crippen molar-refractivity contribution in [3.8, 4) is 5.75 Å². The van der Waals surface area contributed by atoms with E-state index in [1.54, 1.807) is 18.9 Å². The lowest BCUT2D eigenvalue weighted by Gasteiger charge is -2.36. The summed E-state index contributed by atoms with van der Waals surface area (Å²) in [7, 11) is 1.68. The summed E-state index contributed by atoms with van der Waals surface area (Å²) >= 11 is 0. The molecule has 2 fully saturated rings. The lowest BCUT2D eigenvalue weighted by molar-refractivity contribution is -0.892. The SMILES string of the molecule is CCOC(=O)N1CCN(C(=O)C[NH+]2CCN(c3cccc(OC)c3)CC2)CC1. The first-order chi connectivity index (χ1) is 13.6. The summed E-state index contributed by atoms with van der Waals surface area (Å²) in [4.78, 5) is 31.6. The van der Waals surface area contributed by atoms with Gasteiger partial charge in [-0.25, -0.2) is 4.79 Å². The van der Waals surface area contributed by atoms with Crippen molar-refractivity contribution in [2.24, 2.45) is 0 Å². The van der Waals surface area contributed by atoms with E-state index in [1.807, 2.05) is 17.0 Å². The molecule has 3 rings (SSSR count). The number of benzene rings is 1. The van der Waals surface area contributed by atoms with Crippen LogP contribution in [0.5, 0.6) is 5.75 Å². The molecule has 0 aromatic heterocycles. The van der Waals surface area contributed by atoms with Crippen LogP contribution in [0, 0.1) is 0 Å². The van der Waals surface area contributed by atoms with Crippen LogP contribution in [-0.2, 0) is 9.53 Å². The van der Waals surface area contributed by atoms with Crippen molar-refractivity contribution in [2.45, 2.75) is 6.92 Å². The summed E-state index contributed by atoms with van der Waals surface area (Å²) in [6.07, 6.45) is -0.283. The molecule has 0 saturated carbocycles. The number of piperazine rings is 2. The molecule has 1 aromatic rings. The monoisotopic (exact) mass is 391 g/mol. The van der Waals surface area contributed by atoms with Crippen molar-refractivity contribution in [2.75, 3.05) is 77.5 Å². The van der Waals surface area contributed by atoms with Crippen LogP contribution in [-0.4, -0.2) is 94.4 Å². The first-order valence-electron chi connectivity index (χ1n) is 10.0. The van der Waals surface area contributed by atoms with Gasteiger partial charge in [0.1, 0.15) is 5.75 Å². The van der Waals surface area contributed by atoms with Gasteiger partial charge in [0, 0.05) is 37.9 Å². The summed E-state index contributed by atoms with van der Waals surface area (Å²) in [6.45, 7) is 8.67. The van der Waals surface area contributed by atoms with Crippen LogP contribution >= 0.6 is 0 Å². The number of carbonyl (C=O) groups is 2. The highest BCUT2D eigenvalue weighted by molar-refractivity contribution is 5.77. The third kappa shape index (κ3) is 5.07. The van der Waals surface area contributed by atoms with E-state index in [0.29, 0.717) is 39.3 Å². The van der Waals surface area contributed by atoms with Gasteiger partial charge < -0.3 is 29.1 Å². The largest absolute Gasteiger partial charge is 0.497 e. The predicted molar refractivity (Wildman–Crippen MR) is 106 cm³/mol. The molecule has 1 N–H and O–H groups in total. The van der Waals surface area contributed by atoms with Gasteiger partial charge in [-0.2, -0.15) is 0 Å². The van der Waals surface area contributed by atoms with E-state index < -0.39 is 0 Å². The Hall–Kier alpha value is -2.48. The minimum atomic E-state index is -0.283. The molecule has 2 aliphatic heterocycles. The number of nitrogens with one attached hydrogen (secondary N) is 1. The smallest absolute Gasteiger partial charge is 0.409 e. The molecule has 0 unspecified atom stereocenters. The van der Waals surface area contributed by atoms with Crippen LogP contribution in [0.15, 0.2) is 24.3 Å². The maximum atomic E-state index is 12.6. The third-order valence-corrected chi connectivity index (χ3v) is 5.45. The summed E-state index contributed by atoms with van der Waals surface area (Å²) in [5.41, 5.74) is 1.17. The molecule has 0 bridgehead atoms. The van der Waals surface area contributed by atoms with Crippen molar-refractivity contribution in [3.05, 3.63) is 24.3 Å². The number of nitrogens with zero attached hydrogens (tertiary/aromatic N) is 3. The highest BCUT2D eigenvalue weighted by atomic mass is 16.6. The molecule has 1 aromatic carbocycles. The molecule has 0 radical (unpaired) electrons. The van der Waals surface area contributed by atoms with Crippen molar-refractivity contribution in [1.29, 1.82) is 0 Å². The van der Waals surface area contributed by atoms with Crippen LogP contribution in [0.3, 0.4) is 0 Å². The normalized spacial score (nSPS) is 18.1. The van der Waals surface area contributed by atoms with Crippen molar-refractivity contribution in [1.82, 2.24) is 9.80 Å². The fourth-order valence-corrected chi connectivity index (χ4v) is 3.74. The Morgan fingerprint density at radius 3 is 2.36 bits per heavy atom. The van der Waals surface area contributed by atoms with Crippen molar-refractivity contribution >= 4 is 17.7 Å². The maximum Gasteiger partial charge on any atom is 0.409 e. The number of methoxy groups -OCH3 is 1.